The fourth-order valence-electron chi connectivity index (χ4n) is 3.85. The molecular formula is C25H22IN3O2. The van der Waals surface area contributed by atoms with Crippen LogP contribution in [-0.4, -0.2) is 19.1 Å². The van der Waals surface area contributed by atoms with Gasteiger partial charge in [-0.2, -0.15) is 0 Å². The van der Waals surface area contributed by atoms with Crippen molar-refractivity contribution >= 4 is 34.3 Å². The Morgan fingerprint density at radius 3 is 2.61 bits per heavy atom. The van der Waals surface area contributed by atoms with Gasteiger partial charge in [0.2, 0.25) is 5.58 Å². The molecule has 0 unspecified atom stereocenters. The second kappa shape index (κ2) is 8.55. The van der Waals surface area contributed by atoms with E-state index in [9.17, 15) is 0 Å². The van der Waals surface area contributed by atoms with E-state index in [2.05, 4.69) is 59.4 Å². The lowest BCUT2D eigenvalue weighted by Crippen LogP contribution is -3.00. The van der Waals surface area contributed by atoms with Crippen molar-refractivity contribution in [2.75, 3.05) is 19.1 Å². The van der Waals surface area contributed by atoms with Crippen LogP contribution in [-0.2, 0) is 7.05 Å². The molecule has 0 bridgehead atoms. The van der Waals surface area contributed by atoms with E-state index in [0.29, 0.717) is 5.89 Å². The Morgan fingerprint density at radius 1 is 1.06 bits per heavy atom. The Bertz CT molecular complexity index is 1310. The number of benzene rings is 2. The zero-order valence-corrected chi connectivity index (χ0v) is 19.7. The van der Waals surface area contributed by atoms with Gasteiger partial charge in [0, 0.05) is 35.1 Å². The largest absolute Gasteiger partial charge is 1.00 e. The molecule has 3 heterocycles. The highest BCUT2D eigenvalue weighted by Gasteiger charge is 2.23. The SMILES string of the molecule is COc1ccc2c(c1)/C(=C/c1nc3c(ccc[n+]3C)o1)C=C(c1ccccc1)N2C.[I-]. The monoisotopic (exact) mass is 523 g/mol. The summed E-state index contributed by atoms with van der Waals surface area (Å²) in [7, 11) is 5.73. The normalized spacial score (nSPS) is 14.2. The van der Waals surface area contributed by atoms with Gasteiger partial charge in [-0.25, -0.2) is 4.57 Å². The molecule has 156 valence electrons. The first-order chi connectivity index (χ1) is 14.6. The van der Waals surface area contributed by atoms with Crippen LogP contribution in [0.15, 0.2) is 77.4 Å². The minimum atomic E-state index is 0. The lowest BCUT2D eigenvalue weighted by atomic mass is 9.94. The Balaban J connectivity index is 0.00000231. The van der Waals surface area contributed by atoms with Gasteiger partial charge in [0.1, 0.15) is 5.75 Å². The Hall–Kier alpha value is -3.13. The van der Waals surface area contributed by atoms with Crippen molar-refractivity contribution < 1.29 is 37.7 Å². The molecule has 0 spiro atoms. The number of oxazole rings is 1. The van der Waals surface area contributed by atoms with Crippen molar-refractivity contribution in [2.45, 2.75) is 0 Å². The summed E-state index contributed by atoms with van der Waals surface area (Å²) < 4.78 is 13.4. The van der Waals surface area contributed by atoms with Crippen molar-refractivity contribution in [3.63, 3.8) is 0 Å². The van der Waals surface area contributed by atoms with Crippen LogP contribution in [0, 0.1) is 0 Å². The summed E-state index contributed by atoms with van der Waals surface area (Å²) in [5.74, 6) is 1.39. The van der Waals surface area contributed by atoms with Gasteiger partial charge in [-0.3, -0.25) is 0 Å². The third-order valence-corrected chi connectivity index (χ3v) is 5.42. The molecule has 1 aliphatic heterocycles. The fourth-order valence-corrected chi connectivity index (χ4v) is 3.85. The van der Waals surface area contributed by atoms with Crippen LogP contribution >= 0.6 is 0 Å². The highest BCUT2D eigenvalue weighted by Crippen LogP contribution is 2.41. The van der Waals surface area contributed by atoms with Gasteiger partial charge in [0.15, 0.2) is 0 Å². The van der Waals surface area contributed by atoms with Crippen LogP contribution in [0.3, 0.4) is 0 Å². The molecule has 2 aromatic carbocycles. The number of rotatable bonds is 3. The van der Waals surface area contributed by atoms with Gasteiger partial charge in [0.25, 0.3) is 0 Å². The lowest BCUT2D eigenvalue weighted by molar-refractivity contribution is -0.646. The average molecular weight is 523 g/mol. The molecule has 1 aliphatic rings. The molecule has 0 N–H and O–H groups in total. The predicted octanol–water partition coefficient (Wildman–Crippen LogP) is 1.70. The number of nitrogens with zero attached hydrogens (tertiary/aromatic N) is 3. The number of pyridine rings is 1. The topological polar surface area (TPSA) is 42.4 Å². The highest BCUT2D eigenvalue weighted by atomic mass is 127. The highest BCUT2D eigenvalue weighted by molar-refractivity contribution is 6.03. The second-order valence-corrected chi connectivity index (χ2v) is 7.30. The molecule has 0 saturated heterocycles. The average Bonchev–Trinajstić information content (AvgIpc) is 3.20. The van der Waals surface area contributed by atoms with E-state index < -0.39 is 0 Å². The number of anilines is 1. The summed E-state index contributed by atoms with van der Waals surface area (Å²) in [5.41, 5.74) is 7.04. The Kier molecular flexibility index (Phi) is 5.82. The Morgan fingerprint density at radius 2 is 1.87 bits per heavy atom. The number of methoxy groups -OCH3 is 1. The molecule has 0 amide bonds. The molecule has 4 aromatic rings. The number of allylic oxidation sites excluding steroid dienone is 2. The molecular weight excluding hydrogens is 501 g/mol. The standard InChI is InChI=1S/C25H22N3O2.HI/c1-27-13-7-10-23-25(27)26-24(30-23)15-18-14-22(17-8-5-4-6-9-17)28(2)21-12-11-19(29-3)16-20(18)21;/h4-16H,1-3H3;1H/q+1;/p-1. The predicted molar refractivity (Wildman–Crippen MR) is 119 cm³/mol. The number of halogens is 1. The van der Waals surface area contributed by atoms with Crippen LogP contribution in [0.5, 0.6) is 5.75 Å². The van der Waals surface area contributed by atoms with E-state index in [-0.39, 0.29) is 24.0 Å². The molecule has 6 heteroatoms. The van der Waals surface area contributed by atoms with E-state index in [0.717, 1.165) is 45.1 Å². The number of fused-ring (bicyclic) bond motifs is 2. The van der Waals surface area contributed by atoms with Crippen molar-refractivity contribution in [1.82, 2.24) is 4.98 Å². The first kappa shape index (κ1) is 21.1. The number of hydrogen-bond acceptors (Lipinski definition) is 4. The quantitative estimate of drug-likeness (QED) is 0.303. The molecule has 0 atom stereocenters. The molecule has 0 aliphatic carbocycles. The van der Waals surface area contributed by atoms with Crippen molar-refractivity contribution in [1.29, 1.82) is 0 Å². The van der Waals surface area contributed by atoms with E-state index in [1.165, 1.54) is 0 Å². The lowest BCUT2D eigenvalue weighted by Gasteiger charge is -2.30. The minimum absolute atomic E-state index is 0. The first-order valence-electron chi connectivity index (χ1n) is 9.80. The van der Waals surface area contributed by atoms with Crippen LogP contribution in [0.25, 0.3) is 28.6 Å². The van der Waals surface area contributed by atoms with Crippen molar-refractivity contribution in [2.24, 2.45) is 7.05 Å². The summed E-state index contributed by atoms with van der Waals surface area (Å²) in [4.78, 5) is 6.89. The van der Waals surface area contributed by atoms with Crippen molar-refractivity contribution in [3.8, 4) is 5.75 Å². The summed E-state index contributed by atoms with van der Waals surface area (Å²) in [6.07, 6.45) is 6.13. The molecule has 0 saturated carbocycles. The van der Waals surface area contributed by atoms with Gasteiger partial charge in [-0.15, -0.1) is 0 Å². The van der Waals surface area contributed by atoms with Crippen LogP contribution < -0.4 is 38.2 Å². The smallest absolute Gasteiger partial charge is 0.370 e. The number of aryl methyl sites for hydroxylation is 1. The van der Waals surface area contributed by atoms with Gasteiger partial charge >= 0.3 is 11.5 Å². The molecule has 0 fully saturated rings. The summed E-state index contributed by atoms with van der Waals surface area (Å²) in [5, 5.41) is 0. The zero-order valence-electron chi connectivity index (χ0n) is 17.5. The van der Waals surface area contributed by atoms with E-state index in [1.807, 2.05) is 48.2 Å². The van der Waals surface area contributed by atoms with Crippen molar-refractivity contribution in [3.05, 3.63) is 90.0 Å². The van der Waals surface area contributed by atoms with Crippen LogP contribution in [0.1, 0.15) is 17.0 Å². The summed E-state index contributed by atoms with van der Waals surface area (Å²) in [6, 6.07) is 20.4. The maximum atomic E-state index is 6.01. The fraction of sp³-hybridized carbons (Fsp3) is 0.120. The van der Waals surface area contributed by atoms with Crippen LogP contribution in [0.2, 0.25) is 0 Å². The minimum Gasteiger partial charge on any atom is -1.00 e. The Labute approximate surface area is 198 Å². The molecule has 5 nitrogen and oxygen atoms in total. The maximum Gasteiger partial charge on any atom is 0.370 e. The first-order valence-corrected chi connectivity index (χ1v) is 9.80. The maximum absolute atomic E-state index is 6.01. The van der Waals surface area contributed by atoms with E-state index >= 15 is 0 Å². The van der Waals surface area contributed by atoms with Gasteiger partial charge < -0.3 is 38.0 Å². The van der Waals surface area contributed by atoms with Gasteiger partial charge in [-0.1, -0.05) is 30.3 Å². The van der Waals surface area contributed by atoms with Gasteiger partial charge in [0.05, 0.1) is 20.4 Å². The second-order valence-electron chi connectivity index (χ2n) is 7.30. The summed E-state index contributed by atoms with van der Waals surface area (Å²) >= 11 is 0. The number of hydrogen-bond donors (Lipinski definition) is 0. The molecule has 31 heavy (non-hydrogen) atoms. The third kappa shape index (κ3) is 3.83. The van der Waals surface area contributed by atoms with Gasteiger partial charge in [-0.05, 0) is 47.5 Å². The van der Waals surface area contributed by atoms with Crippen LogP contribution in [0.4, 0.5) is 5.69 Å². The zero-order chi connectivity index (χ0) is 20.7. The molecule has 5 rings (SSSR count). The number of ether oxygens (including phenoxy) is 1. The molecule has 2 aromatic heterocycles. The third-order valence-electron chi connectivity index (χ3n) is 5.42. The summed E-state index contributed by atoms with van der Waals surface area (Å²) in [6.45, 7) is 0. The number of aromatic nitrogens is 2. The van der Waals surface area contributed by atoms with E-state index in [4.69, 9.17) is 9.15 Å². The molecule has 0 radical (unpaired) electrons. The van der Waals surface area contributed by atoms with E-state index in [1.54, 1.807) is 7.11 Å².